The van der Waals surface area contributed by atoms with Crippen LogP contribution in [-0.4, -0.2) is 18.1 Å². The van der Waals surface area contributed by atoms with Gasteiger partial charge in [-0.2, -0.15) is 0 Å². The summed E-state index contributed by atoms with van der Waals surface area (Å²) in [5, 5.41) is 4.74. The lowest BCUT2D eigenvalue weighted by atomic mass is 10.1. The fourth-order valence-electron chi connectivity index (χ4n) is 2.40. The largest absolute Gasteiger partial charge is 0.358 e. The molecule has 1 aliphatic heterocycles. The average Bonchev–Trinajstić information content (AvgIpc) is 2.84. The van der Waals surface area contributed by atoms with Crippen molar-refractivity contribution in [3.8, 4) is 0 Å². The number of aromatic nitrogens is 1. The van der Waals surface area contributed by atoms with Gasteiger partial charge >= 0.3 is 0 Å². The van der Waals surface area contributed by atoms with Crippen molar-refractivity contribution in [3.63, 3.8) is 0 Å². The number of aromatic amines is 1. The highest BCUT2D eigenvalue weighted by molar-refractivity contribution is 5.81. The summed E-state index contributed by atoms with van der Waals surface area (Å²) >= 11 is 0. The van der Waals surface area contributed by atoms with Crippen LogP contribution in [0.1, 0.15) is 23.6 Å². The molecule has 0 bridgehead atoms. The molecular formula is C13H16N2. The van der Waals surface area contributed by atoms with Gasteiger partial charge in [0.2, 0.25) is 0 Å². The van der Waals surface area contributed by atoms with E-state index in [0.717, 1.165) is 13.1 Å². The zero-order chi connectivity index (χ0) is 10.3. The van der Waals surface area contributed by atoms with E-state index in [9.17, 15) is 0 Å². The van der Waals surface area contributed by atoms with Gasteiger partial charge in [-0.1, -0.05) is 12.1 Å². The number of hydrogen-bond acceptors (Lipinski definition) is 1. The number of hydrogen-bond donors (Lipinski definition) is 2. The van der Waals surface area contributed by atoms with Crippen LogP contribution in [0.15, 0.2) is 24.3 Å². The fraction of sp³-hybridized carbons (Fsp3) is 0.385. The molecular weight excluding hydrogens is 184 g/mol. The summed E-state index contributed by atoms with van der Waals surface area (Å²) < 4.78 is 0. The van der Waals surface area contributed by atoms with E-state index in [1.54, 1.807) is 0 Å². The van der Waals surface area contributed by atoms with Crippen LogP contribution in [0.25, 0.3) is 10.9 Å². The summed E-state index contributed by atoms with van der Waals surface area (Å²) in [4.78, 5) is 3.54. The third kappa shape index (κ3) is 1.55. The van der Waals surface area contributed by atoms with Crippen LogP contribution in [0, 0.1) is 6.92 Å². The van der Waals surface area contributed by atoms with Gasteiger partial charge in [0, 0.05) is 23.7 Å². The molecule has 1 fully saturated rings. The first-order chi connectivity index (χ1) is 7.33. The Labute approximate surface area is 89.7 Å². The van der Waals surface area contributed by atoms with Crippen molar-refractivity contribution in [1.82, 2.24) is 10.3 Å². The van der Waals surface area contributed by atoms with Crippen LogP contribution < -0.4 is 5.32 Å². The highest BCUT2D eigenvalue weighted by atomic mass is 14.9. The second-order valence-electron chi connectivity index (χ2n) is 4.51. The molecule has 1 aliphatic rings. The molecule has 1 unspecified atom stereocenters. The molecule has 1 atom stereocenters. The van der Waals surface area contributed by atoms with Crippen molar-refractivity contribution >= 4 is 10.9 Å². The molecule has 1 aromatic heterocycles. The van der Waals surface area contributed by atoms with E-state index in [0.29, 0.717) is 5.92 Å². The average molecular weight is 200 g/mol. The molecule has 2 heterocycles. The van der Waals surface area contributed by atoms with Crippen LogP contribution in [0.5, 0.6) is 0 Å². The minimum absolute atomic E-state index is 0.678. The molecule has 0 aliphatic carbocycles. The van der Waals surface area contributed by atoms with E-state index in [1.807, 2.05) is 0 Å². The fourth-order valence-corrected chi connectivity index (χ4v) is 2.40. The van der Waals surface area contributed by atoms with Crippen LogP contribution in [0.2, 0.25) is 0 Å². The second kappa shape index (κ2) is 3.38. The summed E-state index contributed by atoms with van der Waals surface area (Å²) in [5.74, 6) is 0.678. The van der Waals surface area contributed by atoms with Gasteiger partial charge in [0.05, 0.1) is 0 Å². The highest BCUT2D eigenvalue weighted by Crippen LogP contribution is 2.25. The van der Waals surface area contributed by atoms with Gasteiger partial charge < -0.3 is 10.3 Å². The molecule has 2 aromatic rings. The minimum atomic E-state index is 0.678. The summed E-state index contributed by atoms with van der Waals surface area (Å²) in [7, 11) is 0. The van der Waals surface area contributed by atoms with Gasteiger partial charge in [-0.15, -0.1) is 0 Å². The smallest absolute Gasteiger partial charge is 0.0458 e. The zero-order valence-electron chi connectivity index (χ0n) is 9.01. The molecule has 0 amide bonds. The predicted molar refractivity (Wildman–Crippen MR) is 63.3 cm³/mol. The Hall–Kier alpha value is -1.28. The molecule has 15 heavy (non-hydrogen) atoms. The monoisotopic (exact) mass is 200 g/mol. The topological polar surface area (TPSA) is 27.8 Å². The molecule has 78 valence electrons. The van der Waals surface area contributed by atoms with E-state index < -0.39 is 0 Å². The predicted octanol–water partition coefficient (Wildman–Crippen LogP) is 2.55. The summed E-state index contributed by atoms with van der Waals surface area (Å²) in [6.45, 7) is 4.40. The minimum Gasteiger partial charge on any atom is -0.358 e. The standard InChI is InChI=1S/C13H16N2/c1-9-2-3-10-7-13(15-12(10)6-9)11-4-5-14-8-11/h2-3,6-7,11,14-15H,4-5,8H2,1H3. The number of nitrogens with one attached hydrogen (secondary N) is 2. The van der Waals surface area contributed by atoms with Crippen molar-refractivity contribution in [1.29, 1.82) is 0 Å². The van der Waals surface area contributed by atoms with Crippen LogP contribution in [0.4, 0.5) is 0 Å². The number of rotatable bonds is 1. The molecule has 2 nitrogen and oxygen atoms in total. The van der Waals surface area contributed by atoms with Crippen molar-refractivity contribution in [2.24, 2.45) is 0 Å². The summed E-state index contributed by atoms with van der Waals surface area (Å²) in [5.41, 5.74) is 3.98. The van der Waals surface area contributed by atoms with E-state index in [4.69, 9.17) is 0 Å². The van der Waals surface area contributed by atoms with Crippen molar-refractivity contribution in [3.05, 3.63) is 35.5 Å². The Morgan fingerprint density at radius 2 is 2.20 bits per heavy atom. The van der Waals surface area contributed by atoms with Gasteiger partial charge in [0.25, 0.3) is 0 Å². The van der Waals surface area contributed by atoms with E-state index in [-0.39, 0.29) is 0 Å². The summed E-state index contributed by atoms with van der Waals surface area (Å²) in [6, 6.07) is 8.90. The Kier molecular flexibility index (Phi) is 2.03. The molecule has 3 rings (SSSR count). The Morgan fingerprint density at radius 1 is 1.27 bits per heavy atom. The molecule has 0 radical (unpaired) electrons. The molecule has 2 N–H and O–H groups in total. The van der Waals surface area contributed by atoms with Gasteiger partial charge in [-0.05, 0) is 43.0 Å². The van der Waals surface area contributed by atoms with E-state index >= 15 is 0 Å². The summed E-state index contributed by atoms with van der Waals surface area (Å²) in [6.07, 6.45) is 1.26. The maximum atomic E-state index is 3.54. The number of benzene rings is 1. The lowest BCUT2D eigenvalue weighted by Gasteiger charge is -2.03. The number of H-pyrrole nitrogens is 1. The third-order valence-corrected chi connectivity index (χ3v) is 3.30. The Balaban J connectivity index is 2.05. The number of aryl methyl sites for hydroxylation is 1. The molecule has 0 saturated carbocycles. The normalized spacial score (nSPS) is 21.3. The van der Waals surface area contributed by atoms with Crippen LogP contribution >= 0.6 is 0 Å². The van der Waals surface area contributed by atoms with Crippen molar-refractivity contribution in [2.75, 3.05) is 13.1 Å². The zero-order valence-corrected chi connectivity index (χ0v) is 9.01. The first-order valence-electron chi connectivity index (χ1n) is 5.63. The molecule has 0 spiro atoms. The van der Waals surface area contributed by atoms with Crippen LogP contribution in [0.3, 0.4) is 0 Å². The van der Waals surface area contributed by atoms with E-state index in [2.05, 4.69) is 41.5 Å². The van der Waals surface area contributed by atoms with Gasteiger partial charge in [0.15, 0.2) is 0 Å². The molecule has 1 aromatic carbocycles. The lowest BCUT2D eigenvalue weighted by molar-refractivity contribution is 0.743. The maximum Gasteiger partial charge on any atom is 0.0458 e. The first kappa shape index (κ1) is 8.98. The Morgan fingerprint density at radius 3 is 3.00 bits per heavy atom. The van der Waals surface area contributed by atoms with Crippen molar-refractivity contribution < 1.29 is 0 Å². The van der Waals surface area contributed by atoms with Crippen molar-refractivity contribution in [2.45, 2.75) is 19.3 Å². The highest BCUT2D eigenvalue weighted by Gasteiger charge is 2.18. The van der Waals surface area contributed by atoms with Gasteiger partial charge in [-0.25, -0.2) is 0 Å². The Bertz CT molecular complexity index is 478. The first-order valence-corrected chi connectivity index (χ1v) is 5.63. The third-order valence-electron chi connectivity index (χ3n) is 3.30. The molecule has 2 heteroatoms. The SMILES string of the molecule is Cc1ccc2cc(C3CCNC3)[nH]c2c1. The van der Waals surface area contributed by atoms with Gasteiger partial charge in [-0.3, -0.25) is 0 Å². The maximum absolute atomic E-state index is 3.54. The second-order valence-corrected chi connectivity index (χ2v) is 4.51. The molecule has 1 saturated heterocycles. The van der Waals surface area contributed by atoms with Crippen LogP contribution in [-0.2, 0) is 0 Å². The quantitative estimate of drug-likeness (QED) is 0.727. The lowest BCUT2D eigenvalue weighted by Crippen LogP contribution is -2.07. The van der Waals surface area contributed by atoms with Gasteiger partial charge in [0.1, 0.15) is 0 Å². The van der Waals surface area contributed by atoms with E-state index in [1.165, 1.54) is 28.6 Å². The number of fused-ring (bicyclic) bond motifs is 1.